The van der Waals surface area contributed by atoms with E-state index in [-0.39, 0.29) is 5.69 Å². The molecule has 0 saturated carbocycles. The van der Waals surface area contributed by atoms with Crippen LogP contribution >= 0.6 is 0 Å². The third kappa shape index (κ3) is 1.83. The van der Waals surface area contributed by atoms with Gasteiger partial charge in [-0.15, -0.1) is 0 Å². The van der Waals surface area contributed by atoms with E-state index in [1.54, 1.807) is 12.2 Å². The minimum atomic E-state index is -4.58. The van der Waals surface area contributed by atoms with Gasteiger partial charge in [0.05, 0.1) is 35.8 Å². The van der Waals surface area contributed by atoms with E-state index in [1.165, 1.54) is 6.07 Å². The highest BCUT2D eigenvalue weighted by atomic mass is 19.4. The van der Waals surface area contributed by atoms with Crippen molar-refractivity contribution in [1.29, 1.82) is 0 Å². The van der Waals surface area contributed by atoms with Crippen LogP contribution in [0.5, 0.6) is 0 Å². The van der Waals surface area contributed by atoms with Crippen molar-refractivity contribution in [2.45, 2.75) is 17.9 Å². The molecule has 8 heteroatoms. The average molecular weight is 339 g/mol. The SMILES string of the molecule is O=C1[C@@H]2[C@@H]3C=C[C@@](CO)(O3)[C@@H]2C(=O)N1c1cccc(C(F)(F)F)c1. The molecule has 2 amide bonds. The third-order valence-electron chi connectivity index (χ3n) is 4.83. The van der Waals surface area contributed by atoms with Gasteiger partial charge in [0.2, 0.25) is 11.8 Å². The molecule has 4 rings (SSSR count). The van der Waals surface area contributed by atoms with E-state index in [1.807, 2.05) is 0 Å². The number of fused-ring (bicyclic) bond motifs is 5. The highest BCUT2D eigenvalue weighted by Crippen LogP contribution is 2.52. The number of imide groups is 1. The van der Waals surface area contributed by atoms with Gasteiger partial charge in [-0.2, -0.15) is 13.2 Å². The molecule has 2 bridgehead atoms. The topological polar surface area (TPSA) is 66.8 Å². The van der Waals surface area contributed by atoms with Crippen molar-refractivity contribution in [1.82, 2.24) is 0 Å². The first-order valence-electron chi connectivity index (χ1n) is 7.32. The average Bonchev–Trinajstić information content (AvgIpc) is 3.18. The Balaban J connectivity index is 1.75. The second-order valence-electron chi connectivity index (χ2n) is 6.12. The number of amides is 2. The Kier molecular flexibility index (Phi) is 2.99. The van der Waals surface area contributed by atoms with Crippen molar-refractivity contribution in [2.24, 2.45) is 11.8 Å². The lowest BCUT2D eigenvalue weighted by Gasteiger charge is -2.26. The van der Waals surface area contributed by atoms with Gasteiger partial charge in [-0.3, -0.25) is 9.59 Å². The molecule has 1 N–H and O–H groups in total. The van der Waals surface area contributed by atoms with Gasteiger partial charge in [0.15, 0.2) is 0 Å². The second kappa shape index (κ2) is 4.67. The van der Waals surface area contributed by atoms with Gasteiger partial charge in [-0.25, -0.2) is 4.90 Å². The minimum absolute atomic E-state index is 0.123. The Hall–Kier alpha value is -2.19. The third-order valence-corrected chi connectivity index (χ3v) is 4.83. The Labute approximate surface area is 134 Å². The number of benzene rings is 1. The van der Waals surface area contributed by atoms with Gasteiger partial charge in [0.1, 0.15) is 5.60 Å². The first kappa shape index (κ1) is 15.3. The second-order valence-corrected chi connectivity index (χ2v) is 6.12. The molecule has 3 aliphatic heterocycles. The van der Waals surface area contributed by atoms with Crippen molar-refractivity contribution in [3.8, 4) is 0 Å². The molecule has 126 valence electrons. The number of hydrogen-bond donors (Lipinski definition) is 1. The molecule has 2 fully saturated rings. The normalized spacial score (nSPS) is 34.3. The Bertz CT molecular complexity index is 775. The number of rotatable bonds is 2. The quantitative estimate of drug-likeness (QED) is 0.655. The molecular formula is C16H12F3NO4. The number of halogens is 3. The highest BCUT2D eigenvalue weighted by Gasteiger charge is 2.67. The number of carbonyl (C=O) groups excluding carboxylic acids is 2. The maximum Gasteiger partial charge on any atom is 0.416 e. The minimum Gasteiger partial charge on any atom is -0.393 e. The maximum absolute atomic E-state index is 12.9. The predicted octanol–water partition coefficient (Wildman–Crippen LogP) is 1.51. The number of hydrogen-bond acceptors (Lipinski definition) is 4. The zero-order valence-electron chi connectivity index (χ0n) is 12.2. The molecule has 0 aliphatic carbocycles. The molecule has 3 aliphatic rings. The summed E-state index contributed by atoms with van der Waals surface area (Å²) < 4.78 is 44.2. The van der Waals surface area contributed by atoms with Crippen molar-refractivity contribution >= 4 is 17.5 Å². The summed E-state index contributed by atoms with van der Waals surface area (Å²) in [6, 6.07) is 4.09. The summed E-state index contributed by atoms with van der Waals surface area (Å²) in [5, 5.41) is 9.59. The summed E-state index contributed by atoms with van der Waals surface area (Å²) in [5.41, 5.74) is -2.33. The van der Waals surface area contributed by atoms with Gasteiger partial charge in [-0.1, -0.05) is 18.2 Å². The molecule has 0 spiro atoms. The Morgan fingerprint density at radius 2 is 2.00 bits per heavy atom. The number of nitrogens with zero attached hydrogens (tertiary/aromatic N) is 1. The first-order chi connectivity index (χ1) is 11.3. The van der Waals surface area contributed by atoms with Gasteiger partial charge >= 0.3 is 6.18 Å². The molecule has 0 radical (unpaired) electrons. The lowest BCUT2D eigenvalue weighted by Crippen LogP contribution is -2.43. The summed E-state index contributed by atoms with van der Waals surface area (Å²) in [5.74, 6) is -2.98. The van der Waals surface area contributed by atoms with E-state index in [0.717, 1.165) is 23.1 Å². The van der Waals surface area contributed by atoms with Crippen molar-refractivity contribution < 1.29 is 32.6 Å². The number of aliphatic hydroxyl groups is 1. The van der Waals surface area contributed by atoms with E-state index in [2.05, 4.69) is 0 Å². The van der Waals surface area contributed by atoms with Crippen LogP contribution < -0.4 is 4.90 Å². The van der Waals surface area contributed by atoms with Crippen molar-refractivity contribution in [2.75, 3.05) is 11.5 Å². The molecule has 4 atom stereocenters. The standard InChI is InChI=1S/C16H12F3NO4/c17-16(18,19)8-2-1-3-9(6-8)20-13(22)11-10-4-5-15(7-21,24-10)12(11)14(20)23/h1-6,10-12,21H,7H2/t10-,11+,12-,15-/m0/s1. The van der Waals surface area contributed by atoms with Crippen molar-refractivity contribution in [3.63, 3.8) is 0 Å². The number of alkyl halides is 3. The fourth-order valence-electron chi connectivity index (χ4n) is 3.76. The van der Waals surface area contributed by atoms with E-state index >= 15 is 0 Å². The number of anilines is 1. The van der Waals surface area contributed by atoms with Gasteiger partial charge in [0.25, 0.3) is 0 Å². The molecule has 0 unspecified atom stereocenters. The lowest BCUT2D eigenvalue weighted by atomic mass is 9.77. The zero-order valence-corrected chi connectivity index (χ0v) is 12.2. The highest BCUT2D eigenvalue weighted by molar-refractivity contribution is 6.23. The number of carbonyl (C=O) groups is 2. The monoisotopic (exact) mass is 339 g/mol. The maximum atomic E-state index is 12.9. The molecule has 24 heavy (non-hydrogen) atoms. The molecule has 3 heterocycles. The summed E-state index contributed by atoms with van der Waals surface area (Å²) in [7, 11) is 0. The molecule has 5 nitrogen and oxygen atoms in total. The van der Waals surface area contributed by atoms with E-state index in [9.17, 15) is 27.9 Å². The van der Waals surface area contributed by atoms with Crippen LogP contribution in [0.4, 0.5) is 18.9 Å². The van der Waals surface area contributed by atoms with Crippen LogP contribution in [0.25, 0.3) is 0 Å². The molecule has 1 aromatic carbocycles. The van der Waals surface area contributed by atoms with E-state index in [0.29, 0.717) is 0 Å². The van der Waals surface area contributed by atoms with Crippen LogP contribution in [0, 0.1) is 11.8 Å². The number of ether oxygens (including phenoxy) is 1. The summed E-state index contributed by atoms with van der Waals surface area (Å²) >= 11 is 0. The summed E-state index contributed by atoms with van der Waals surface area (Å²) in [4.78, 5) is 26.1. The zero-order chi connectivity index (χ0) is 17.3. The summed E-state index contributed by atoms with van der Waals surface area (Å²) in [6.45, 7) is -0.476. The Morgan fingerprint density at radius 3 is 2.67 bits per heavy atom. The van der Waals surface area contributed by atoms with E-state index < -0.39 is 53.7 Å². The smallest absolute Gasteiger partial charge is 0.393 e. The molecule has 0 aromatic heterocycles. The predicted molar refractivity (Wildman–Crippen MR) is 74.7 cm³/mol. The molecule has 2 saturated heterocycles. The first-order valence-corrected chi connectivity index (χ1v) is 7.32. The van der Waals surface area contributed by atoms with Crippen LogP contribution in [-0.4, -0.2) is 35.2 Å². The van der Waals surface area contributed by atoms with Crippen LogP contribution in [0.15, 0.2) is 36.4 Å². The Morgan fingerprint density at radius 1 is 1.25 bits per heavy atom. The van der Waals surface area contributed by atoms with Crippen LogP contribution in [-0.2, 0) is 20.5 Å². The van der Waals surface area contributed by atoms with Crippen molar-refractivity contribution in [3.05, 3.63) is 42.0 Å². The molecule has 1 aromatic rings. The van der Waals surface area contributed by atoms with Gasteiger partial charge in [0, 0.05) is 0 Å². The van der Waals surface area contributed by atoms with E-state index in [4.69, 9.17) is 4.74 Å². The largest absolute Gasteiger partial charge is 0.416 e. The van der Waals surface area contributed by atoms with Gasteiger partial charge < -0.3 is 9.84 Å². The molecular weight excluding hydrogens is 327 g/mol. The summed E-state index contributed by atoms with van der Waals surface area (Å²) in [6.07, 6.45) is -2.06. The fraction of sp³-hybridized carbons (Fsp3) is 0.375. The lowest BCUT2D eigenvalue weighted by molar-refractivity contribution is -0.138. The van der Waals surface area contributed by atoms with Gasteiger partial charge in [-0.05, 0) is 18.2 Å². The number of aliphatic hydroxyl groups excluding tert-OH is 1. The van der Waals surface area contributed by atoms with Crippen LogP contribution in [0.1, 0.15) is 5.56 Å². The fourth-order valence-corrected chi connectivity index (χ4v) is 3.76. The van der Waals surface area contributed by atoms with Crippen LogP contribution in [0.2, 0.25) is 0 Å². The van der Waals surface area contributed by atoms with Crippen LogP contribution in [0.3, 0.4) is 0 Å².